The highest BCUT2D eigenvalue weighted by Crippen LogP contribution is 2.16. The molecule has 0 radical (unpaired) electrons. The van der Waals surface area contributed by atoms with E-state index in [4.69, 9.17) is 9.94 Å². The molecule has 1 atom stereocenters. The van der Waals surface area contributed by atoms with Crippen LogP contribution in [0.2, 0.25) is 0 Å². The summed E-state index contributed by atoms with van der Waals surface area (Å²) in [5, 5.41) is 14.1. The SMILES string of the molecule is O=C(O)C1CCCN(CCO/N=C/c2c[nH]c3ncccc23)C1. The minimum atomic E-state index is -0.707. The Labute approximate surface area is 133 Å². The molecule has 0 spiro atoms. The number of H-pyrrole nitrogens is 1. The van der Waals surface area contributed by atoms with Crippen LogP contribution >= 0.6 is 0 Å². The first kappa shape index (κ1) is 15.5. The Balaban J connectivity index is 1.45. The Morgan fingerprint density at radius 2 is 2.52 bits per heavy atom. The van der Waals surface area contributed by atoms with Crippen LogP contribution in [0, 0.1) is 5.92 Å². The van der Waals surface area contributed by atoms with Crippen LogP contribution in [0.4, 0.5) is 0 Å². The summed E-state index contributed by atoms with van der Waals surface area (Å²) in [6.07, 6.45) is 6.92. The van der Waals surface area contributed by atoms with Crippen LogP contribution in [0.3, 0.4) is 0 Å². The highest BCUT2D eigenvalue weighted by atomic mass is 16.6. The van der Waals surface area contributed by atoms with Gasteiger partial charge in [-0.3, -0.25) is 9.69 Å². The predicted octanol–water partition coefficient (Wildman–Crippen LogP) is 1.71. The van der Waals surface area contributed by atoms with Gasteiger partial charge in [-0.1, -0.05) is 5.16 Å². The number of aromatic nitrogens is 2. The van der Waals surface area contributed by atoms with Gasteiger partial charge in [-0.25, -0.2) is 4.98 Å². The van der Waals surface area contributed by atoms with Gasteiger partial charge in [0.05, 0.1) is 12.1 Å². The second kappa shape index (κ2) is 7.23. The molecule has 23 heavy (non-hydrogen) atoms. The fourth-order valence-corrected chi connectivity index (χ4v) is 2.86. The zero-order valence-electron chi connectivity index (χ0n) is 12.8. The lowest BCUT2D eigenvalue weighted by atomic mass is 9.98. The lowest BCUT2D eigenvalue weighted by Gasteiger charge is -2.29. The van der Waals surface area contributed by atoms with Crippen LogP contribution in [0.25, 0.3) is 11.0 Å². The number of carboxylic acids is 1. The molecule has 7 nitrogen and oxygen atoms in total. The number of rotatable bonds is 6. The summed E-state index contributed by atoms with van der Waals surface area (Å²) in [6.45, 7) is 2.65. The zero-order valence-corrected chi connectivity index (χ0v) is 12.8. The Kier molecular flexibility index (Phi) is 4.87. The molecule has 1 aliphatic heterocycles. The van der Waals surface area contributed by atoms with Crippen molar-refractivity contribution >= 4 is 23.2 Å². The van der Waals surface area contributed by atoms with E-state index in [9.17, 15) is 4.79 Å². The summed E-state index contributed by atoms with van der Waals surface area (Å²) >= 11 is 0. The number of carboxylic acid groups (broad SMARTS) is 1. The summed E-state index contributed by atoms with van der Waals surface area (Å²) in [6, 6.07) is 3.85. The molecule has 1 unspecified atom stereocenters. The predicted molar refractivity (Wildman–Crippen MR) is 86.4 cm³/mol. The average Bonchev–Trinajstić information content (AvgIpc) is 2.98. The van der Waals surface area contributed by atoms with Gasteiger partial charge in [0.2, 0.25) is 0 Å². The number of nitrogens with one attached hydrogen (secondary N) is 1. The summed E-state index contributed by atoms with van der Waals surface area (Å²) in [7, 11) is 0. The van der Waals surface area contributed by atoms with E-state index >= 15 is 0 Å². The van der Waals surface area contributed by atoms with Crippen LogP contribution in [-0.2, 0) is 9.63 Å². The van der Waals surface area contributed by atoms with Crippen molar-refractivity contribution in [3.63, 3.8) is 0 Å². The van der Waals surface area contributed by atoms with E-state index in [2.05, 4.69) is 20.0 Å². The maximum atomic E-state index is 11.0. The van der Waals surface area contributed by atoms with Crippen molar-refractivity contribution in [3.8, 4) is 0 Å². The van der Waals surface area contributed by atoms with E-state index in [0.29, 0.717) is 19.7 Å². The van der Waals surface area contributed by atoms with Gasteiger partial charge in [0.25, 0.3) is 0 Å². The molecular weight excluding hydrogens is 296 g/mol. The number of carbonyl (C=O) groups is 1. The highest BCUT2D eigenvalue weighted by molar-refractivity contribution is 5.97. The smallest absolute Gasteiger partial charge is 0.307 e. The summed E-state index contributed by atoms with van der Waals surface area (Å²) in [5.74, 6) is -0.965. The molecule has 1 aliphatic rings. The molecule has 0 amide bonds. The van der Waals surface area contributed by atoms with Crippen LogP contribution in [0.15, 0.2) is 29.7 Å². The standard InChI is InChI=1S/C16H20N4O3/c21-16(22)12-3-2-6-20(11-12)7-8-23-19-10-13-9-18-15-14(13)4-1-5-17-15/h1,4-5,9-10,12H,2-3,6-8,11H2,(H,17,18)(H,21,22)/b19-10+. The molecule has 2 aromatic rings. The number of hydrogen-bond donors (Lipinski definition) is 2. The number of piperidine rings is 1. The number of aromatic amines is 1. The van der Waals surface area contributed by atoms with Gasteiger partial charge in [0.15, 0.2) is 0 Å². The van der Waals surface area contributed by atoms with Gasteiger partial charge in [-0.15, -0.1) is 0 Å². The Morgan fingerprint density at radius 1 is 1.61 bits per heavy atom. The molecule has 0 saturated carbocycles. The second-order valence-corrected chi connectivity index (χ2v) is 5.69. The number of likely N-dealkylation sites (tertiary alicyclic amines) is 1. The van der Waals surface area contributed by atoms with Crippen molar-refractivity contribution in [3.05, 3.63) is 30.1 Å². The minimum absolute atomic E-state index is 0.258. The second-order valence-electron chi connectivity index (χ2n) is 5.69. The quantitative estimate of drug-likeness (QED) is 0.481. The number of nitrogens with zero attached hydrogens (tertiary/aromatic N) is 3. The number of pyridine rings is 1. The lowest BCUT2D eigenvalue weighted by molar-refractivity contribution is -0.143. The first-order valence-electron chi connectivity index (χ1n) is 7.76. The molecule has 7 heteroatoms. The van der Waals surface area contributed by atoms with Crippen molar-refractivity contribution < 1.29 is 14.7 Å². The topological polar surface area (TPSA) is 90.8 Å². The molecule has 0 bridgehead atoms. The number of aliphatic carboxylic acids is 1. The average molecular weight is 316 g/mol. The highest BCUT2D eigenvalue weighted by Gasteiger charge is 2.24. The number of fused-ring (bicyclic) bond motifs is 1. The molecule has 2 aromatic heterocycles. The third-order valence-electron chi connectivity index (χ3n) is 4.10. The fourth-order valence-electron chi connectivity index (χ4n) is 2.86. The van der Waals surface area contributed by atoms with Crippen molar-refractivity contribution in [2.75, 3.05) is 26.2 Å². The van der Waals surface area contributed by atoms with Crippen LogP contribution in [0.5, 0.6) is 0 Å². The Bertz CT molecular complexity index is 697. The summed E-state index contributed by atoms with van der Waals surface area (Å²) < 4.78 is 0. The minimum Gasteiger partial charge on any atom is -0.481 e. The van der Waals surface area contributed by atoms with E-state index < -0.39 is 5.97 Å². The number of oxime groups is 1. The van der Waals surface area contributed by atoms with Crippen LogP contribution in [-0.4, -0.2) is 58.4 Å². The maximum Gasteiger partial charge on any atom is 0.307 e. The van der Waals surface area contributed by atoms with E-state index in [-0.39, 0.29) is 5.92 Å². The van der Waals surface area contributed by atoms with E-state index in [1.54, 1.807) is 12.4 Å². The molecule has 0 aromatic carbocycles. The normalized spacial score (nSPS) is 19.4. The molecule has 1 saturated heterocycles. The zero-order chi connectivity index (χ0) is 16.1. The third kappa shape index (κ3) is 3.87. The molecule has 122 valence electrons. The number of hydrogen-bond acceptors (Lipinski definition) is 5. The van der Waals surface area contributed by atoms with E-state index in [0.717, 1.165) is 36.0 Å². The molecule has 0 aliphatic carbocycles. The van der Waals surface area contributed by atoms with Crippen molar-refractivity contribution in [1.82, 2.24) is 14.9 Å². The van der Waals surface area contributed by atoms with Gasteiger partial charge in [-0.05, 0) is 31.5 Å². The first-order valence-corrected chi connectivity index (χ1v) is 7.76. The van der Waals surface area contributed by atoms with Gasteiger partial charge in [-0.2, -0.15) is 0 Å². The fraction of sp³-hybridized carbons (Fsp3) is 0.438. The van der Waals surface area contributed by atoms with Crippen molar-refractivity contribution in [1.29, 1.82) is 0 Å². The van der Waals surface area contributed by atoms with Crippen molar-refractivity contribution in [2.45, 2.75) is 12.8 Å². The van der Waals surface area contributed by atoms with Crippen LogP contribution in [0.1, 0.15) is 18.4 Å². The lowest BCUT2D eigenvalue weighted by Crippen LogP contribution is -2.40. The summed E-state index contributed by atoms with van der Waals surface area (Å²) in [4.78, 5) is 25.7. The van der Waals surface area contributed by atoms with E-state index in [1.807, 2.05) is 18.3 Å². The third-order valence-corrected chi connectivity index (χ3v) is 4.10. The van der Waals surface area contributed by atoms with E-state index in [1.165, 1.54) is 0 Å². The Morgan fingerprint density at radius 3 is 3.39 bits per heavy atom. The van der Waals surface area contributed by atoms with Gasteiger partial charge >= 0.3 is 5.97 Å². The molecular formula is C16H20N4O3. The van der Waals surface area contributed by atoms with Gasteiger partial charge < -0.3 is 14.9 Å². The maximum absolute atomic E-state index is 11.0. The van der Waals surface area contributed by atoms with Crippen molar-refractivity contribution in [2.24, 2.45) is 11.1 Å². The largest absolute Gasteiger partial charge is 0.481 e. The molecule has 3 rings (SSSR count). The van der Waals surface area contributed by atoms with Crippen LogP contribution < -0.4 is 0 Å². The molecule has 1 fully saturated rings. The summed E-state index contributed by atoms with van der Waals surface area (Å²) in [5.41, 5.74) is 1.75. The Hall–Kier alpha value is -2.41. The molecule has 2 N–H and O–H groups in total. The monoisotopic (exact) mass is 316 g/mol. The first-order chi connectivity index (χ1) is 11.2. The van der Waals surface area contributed by atoms with Gasteiger partial charge in [0.1, 0.15) is 12.3 Å². The van der Waals surface area contributed by atoms with Gasteiger partial charge in [0, 0.05) is 36.4 Å². The molecule has 3 heterocycles.